The van der Waals surface area contributed by atoms with Crippen LogP contribution in [0, 0.1) is 22.7 Å². The molecule has 0 saturated heterocycles. The molecule has 0 heterocycles. The average molecular weight is 227 g/mol. The van der Waals surface area contributed by atoms with Gasteiger partial charge >= 0.3 is 5.97 Å². The van der Waals surface area contributed by atoms with Crippen LogP contribution in [-0.2, 0) is 4.79 Å². The van der Waals surface area contributed by atoms with E-state index in [2.05, 4.69) is 5.32 Å². The Morgan fingerprint density at radius 1 is 1.35 bits per heavy atom. The lowest BCUT2D eigenvalue weighted by atomic mass is 10.1. The van der Waals surface area contributed by atoms with Gasteiger partial charge in [-0.2, -0.15) is 10.5 Å². The number of rotatable bonds is 4. The molecule has 5 heteroatoms. The summed E-state index contributed by atoms with van der Waals surface area (Å²) in [5.74, 6) is -1.01. The summed E-state index contributed by atoms with van der Waals surface area (Å²) in [7, 11) is 0. The van der Waals surface area contributed by atoms with Crippen LogP contribution in [0.25, 0.3) is 0 Å². The summed E-state index contributed by atoms with van der Waals surface area (Å²) in [5, 5.41) is 28.8. The van der Waals surface area contributed by atoms with E-state index in [0.29, 0.717) is 23.4 Å². The zero-order valence-corrected chi connectivity index (χ0v) is 8.84. The normalized spacial score (nSPS) is 9.53. The summed E-state index contributed by atoms with van der Waals surface area (Å²) < 4.78 is 0. The van der Waals surface area contributed by atoms with Gasteiger partial charge in [0.05, 0.1) is 11.1 Å². The van der Waals surface area contributed by atoms with E-state index in [0.717, 1.165) is 6.08 Å². The third-order valence-corrected chi connectivity index (χ3v) is 1.94. The lowest BCUT2D eigenvalue weighted by Gasteiger charge is -2.03. The van der Waals surface area contributed by atoms with Crippen molar-refractivity contribution in [2.45, 2.75) is 0 Å². The number of benzene rings is 1. The van der Waals surface area contributed by atoms with Gasteiger partial charge in [-0.15, -0.1) is 0 Å². The highest BCUT2D eigenvalue weighted by molar-refractivity contribution is 5.79. The van der Waals surface area contributed by atoms with E-state index in [1.165, 1.54) is 6.08 Å². The van der Waals surface area contributed by atoms with E-state index in [1.54, 1.807) is 18.2 Å². The predicted molar refractivity (Wildman–Crippen MR) is 61.1 cm³/mol. The Labute approximate surface area is 98.2 Å². The number of nitrogens with zero attached hydrogens (tertiary/aromatic N) is 2. The van der Waals surface area contributed by atoms with Crippen LogP contribution in [0.3, 0.4) is 0 Å². The fourth-order valence-electron chi connectivity index (χ4n) is 1.18. The van der Waals surface area contributed by atoms with Crippen molar-refractivity contribution in [3.8, 4) is 12.1 Å². The highest BCUT2D eigenvalue weighted by Gasteiger charge is 2.01. The molecule has 1 rings (SSSR count). The standard InChI is InChI=1S/C12H9N3O2/c13-7-9-3-4-11(6-10(9)8-14)15-5-1-2-12(16)17/h1-4,6,15H,5H2,(H,16,17)/b2-1+. The van der Waals surface area contributed by atoms with Crippen molar-refractivity contribution in [3.05, 3.63) is 41.5 Å². The topological polar surface area (TPSA) is 96.9 Å². The summed E-state index contributed by atoms with van der Waals surface area (Å²) >= 11 is 0. The highest BCUT2D eigenvalue weighted by Crippen LogP contribution is 2.14. The van der Waals surface area contributed by atoms with Gasteiger partial charge in [0, 0.05) is 18.3 Å². The zero-order chi connectivity index (χ0) is 12.7. The van der Waals surface area contributed by atoms with E-state index in [1.807, 2.05) is 12.1 Å². The first-order valence-corrected chi connectivity index (χ1v) is 4.75. The average Bonchev–Trinajstić information content (AvgIpc) is 2.34. The van der Waals surface area contributed by atoms with Crippen LogP contribution < -0.4 is 5.32 Å². The molecule has 5 nitrogen and oxygen atoms in total. The number of hydrogen-bond acceptors (Lipinski definition) is 4. The van der Waals surface area contributed by atoms with Gasteiger partial charge in [0.2, 0.25) is 0 Å². The third-order valence-electron chi connectivity index (χ3n) is 1.94. The van der Waals surface area contributed by atoms with Gasteiger partial charge in [-0.3, -0.25) is 0 Å². The molecule has 17 heavy (non-hydrogen) atoms. The number of carboxylic acids is 1. The number of hydrogen-bond donors (Lipinski definition) is 2. The number of carboxylic acid groups (broad SMARTS) is 1. The lowest BCUT2D eigenvalue weighted by Crippen LogP contribution is -2.00. The largest absolute Gasteiger partial charge is 0.478 e. The van der Waals surface area contributed by atoms with Crippen molar-refractivity contribution in [2.24, 2.45) is 0 Å². The number of carbonyl (C=O) groups is 1. The molecule has 0 aliphatic heterocycles. The third kappa shape index (κ3) is 3.69. The van der Waals surface area contributed by atoms with Crippen molar-refractivity contribution >= 4 is 11.7 Å². The van der Waals surface area contributed by atoms with E-state index in [-0.39, 0.29) is 0 Å². The van der Waals surface area contributed by atoms with Crippen molar-refractivity contribution in [3.63, 3.8) is 0 Å². The zero-order valence-electron chi connectivity index (χ0n) is 8.84. The minimum absolute atomic E-state index is 0.291. The molecule has 0 unspecified atom stereocenters. The Balaban J connectivity index is 2.72. The Hall–Kier alpha value is -2.79. The highest BCUT2D eigenvalue weighted by atomic mass is 16.4. The van der Waals surface area contributed by atoms with Gasteiger partial charge in [0.15, 0.2) is 0 Å². The van der Waals surface area contributed by atoms with Crippen molar-refractivity contribution in [2.75, 3.05) is 11.9 Å². The first-order valence-electron chi connectivity index (χ1n) is 4.75. The van der Waals surface area contributed by atoms with E-state index >= 15 is 0 Å². The predicted octanol–water partition coefficient (Wildman–Crippen LogP) is 1.48. The second kappa shape index (κ2) is 5.94. The van der Waals surface area contributed by atoms with E-state index in [4.69, 9.17) is 15.6 Å². The van der Waals surface area contributed by atoms with Crippen LogP contribution in [0.5, 0.6) is 0 Å². The molecule has 0 amide bonds. The number of aliphatic carboxylic acids is 1. The van der Waals surface area contributed by atoms with Crippen LogP contribution in [0.1, 0.15) is 11.1 Å². The van der Waals surface area contributed by atoms with Crippen LogP contribution in [0.4, 0.5) is 5.69 Å². The number of nitrogens with one attached hydrogen (secondary N) is 1. The molecule has 0 fully saturated rings. The Morgan fingerprint density at radius 3 is 2.65 bits per heavy atom. The molecule has 0 aliphatic carbocycles. The molecule has 0 spiro atoms. The monoisotopic (exact) mass is 227 g/mol. The molecule has 1 aromatic carbocycles. The molecule has 84 valence electrons. The van der Waals surface area contributed by atoms with E-state index < -0.39 is 5.97 Å². The van der Waals surface area contributed by atoms with Crippen LogP contribution in [0.2, 0.25) is 0 Å². The summed E-state index contributed by atoms with van der Waals surface area (Å²) in [5.41, 5.74) is 1.27. The molecule has 0 atom stereocenters. The van der Waals surface area contributed by atoms with Gasteiger partial charge in [-0.1, -0.05) is 6.08 Å². The van der Waals surface area contributed by atoms with Gasteiger partial charge in [-0.05, 0) is 18.2 Å². The molecule has 0 aliphatic rings. The van der Waals surface area contributed by atoms with E-state index in [9.17, 15) is 4.79 Å². The molecule has 1 aromatic rings. The molecule has 0 bridgehead atoms. The first-order chi connectivity index (χ1) is 8.17. The van der Waals surface area contributed by atoms with Gasteiger partial charge in [-0.25, -0.2) is 4.79 Å². The van der Waals surface area contributed by atoms with Gasteiger partial charge in [0.1, 0.15) is 12.1 Å². The van der Waals surface area contributed by atoms with Gasteiger partial charge < -0.3 is 10.4 Å². The Kier molecular flexibility index (Phi) is 4.29. The number of anilines is 1. The molecule has 0 saturated carbocycles. The fraction of sp³-hybridized carbons (Fsp3) is 0.0833. The van der Waals surface area contributed by atoms with Crippen LogP contribution in [-0.4, -0.2) is 17.6 Å². The van der Waals surface area contributed by atoms with Crippen LogP contribution >= 0.6 is 0 Å². The maximum atomic E-state index is 10.2. The molecule has 0 radical (unpaired) electrons. The maximum absolute atomic E-state index is 10.2. The molecular formula is C12H9N3O2. The minimum atomic E-state index is -1.01. The molecule has 2 N–H and O–H groups in total. The van der Waals surface area contributed by atoms with Crippen molar-refractivity contribution in [1.29, 1.82) is 10.5 Å². The second-order valence-electron chi connectivity index (χ2n) is 3.11. The quantitative estimate of drug-likeness (QED) is 0.759. The first kappa shape index (κ1) is 12.3. The molecule has 0 aromatic heterocycles. The Bertz CT molecular complexity index is 536. The summed E-state index contributed by atoms with van der Waals surface area (Å²) in [6, 6.07) is 8.59. The van der Waals surface area contributed by atoms with Gasteiger partial charge in [0.25, 0.3) is 0 Å². The fourth-order valence-corrected chi connectivity index (χ4v) is 1.18. The molecular weight excluding hydrogens is 218 g/mol. The van der Waals surface area contributed by atoms with Crippen molar-refractivity contribution < 1.29 is 9.90 Å². The smallest absolute Gasteiger partial charge is 0.328 e. The lowest BCUT2D eigenvalue weighted by molar-refractivity contribution is -0.131. The minimum Gasteiger partial charge on any atom is -0.478 e. The summed E-state index contributed by atoms with van der Waals surface area (Å²) in [6.07, 6.45) is 2.48. The second-order valence-corrected chi connectivity index (χ2v) is 3.11. The van der Waals surface area contributed by atoms with Crippen LogP contribution in [0.15, 0.2) is 30.4 Å². The van der Waals surface area contributed by atoms with Crippen molar-refractivity contribution in [1.82, 2.24) is 0 Å². The maximum Gasteiger partial charge on any atom is 0.328 e. The summed E-state index contributed by atoms with van der Waals surface area (Å²) in [4.78, 5) is 10.2. The SMILES string of the molecule is N#Cc1ccc(NC/C=C/C(=O)O)cc1C#N. The Morgan fingerprint density at radius 2 is 2.06 bits per heavy atom. The summed E-state index contributed by atoms with van der Waals surface area (Å²) in [6.45, 7) is 0.336. The number of nitriles is 2.